The maximum absolute atomic E-state index is 12.9. The molecule has 1 saturated heterocycles. The van der Waals surface area contributed by atoms with E-state index in [-0.39, 0.29) is 17.2 Å². The van der Waals surface area contributed by atoms with Crippen LogP contribution in [0.3, 0.4) is 0 Å². The van der Waals surface area contributed by atoms with Gasteiger partial charge >= 0.3 is 5.97 Å². The van der Waals surface area contributed by atoms with Crippen molar-refractivity contribution in [2.45, 2.75) is 32.3 Å². The van der Waals surface area contributed by atoms with Crippen molar-refractivity contribution < 1.29 is 22.7 Å². The molecule has 158 valence electrons. The summed E-state index contributed by atoms with van der Waals surface area (Å²) in [7, 11) is -3.27. The van der Waals surface area contributed by atoms with Gasteiger partial charge in [-0.15, -0.1) is 0 Å². The number of anilines is 2. The first kappa shape index (κ1) is 20.4. The molecule has 1 amide bonds. The number of hydrogen-bond donors (Lipinski definition) is 0. The van der Waals surface area contributed by atoms with Crippen LogP contribution in [0.1, 0.15) is 35.7 Å². The Labute approximate surface area is 176 Å². The number of rotatable bonds is 4. The van der Waals surface area contributed by atoms with E-state index in [1.165, 1.54) is 16.4 Å². The molecule has 1 atom stereocenters. The molecule has 2 aromatic rings. The minimum Gasteiger partial charge on any atom is -0.449 e. The van der Waals surface area contributed by atoms with Gasteiger partial charge in [-0.05, 0) is 62.1 Å². The highest BCUT2D eigenvalue weighted by Gasteiger charge is 2.30. The fraction of sp³-hybridized carbons (Fsp3) is 0.364. The van der Waals surface area contributed by atoms with Crippen LogP contribution in [0.2, 0.25) is 0 Å². The Morgan fingerprint density at radius 1 is 1.00 bits per heavy atom. The van der Waals surface area contributed by atoms with Crippen molar-refractivity contribution in [2.75, 3.05) is 28.0 Å². The van der Waals surface area contributed by atoms with Crippen molar-refractivity contribution >= 4 is 33.3 Å². The number of carbonyl (C=O) groups excluding carboxylic acids is 2. The lowest BCUT2D eigenvalue weighted by atomic mass is 10.0. The molecular formula is C22H24N2O5S. The lowest BCUT2D eigenvalue weighted by Gasteiger charge is -2.31. The Hall–Kier alpha value is -2.87. The van der Waals surface area contributed by atoms with E-state index in [0.717, 1.165) is 24.1 Å². The largest absolute Gasteiger partial charge is 0.449 e. The number of hydrogen-bond acceptors (Lipinski definition) is 5. The second-order valence-electron chi connectivity index (χ2n) is 7.56. The van der Waals surface area contributed by atoms with Crippen LogP contribution in [0.25, 0.3) is 0 Å². The van der Waals surface area contributed by atoms with Gasteiger partial charge in [-0.1, -0.05) is 18.2 Å². The van der Waals surface area contributed by atoms with E-state index in [1.54, 1.807) is 24.0 Å². The number of benzene rings is 2. The molecule has 30 heavy (non-hydrogen) atoms. The van der Waals surface area contributed by atoms with E-state index >= 15 is 0 Å². The molecule has 1 unspecified atom stereocenters. The number of nitrogens with zero attached hydrogens (tertiary/aromatic N) is 2. The lowest BCUT2D eigenvalue weighted by molar-refractivity contribution is -0.126. The summed E-state index contributed by atoms with van der Waals surface area (Å²) in [6, 6.07) is 14.0. The summed E-state index contributed by atoms with van der Waals surface area (Å²) in [6.07, 6.45) is 1.45. The molecule has 2 aliphatic heterocycles. The third-order valence-electron chi connectivity index (χ3n) is 5.50. The van der Waals surface area contributed by atoms with Crippen LogP contribution in [-0.2, 0) is 26.0 Å². The van der Waals surface area contributed by atoms with E-state index in [4.69, 9.17) is 4.74 Å². The predicted molar refractivity (Wildman–Crippen MR) is 114 cm³/mol. The first-order valence-electron chi connectivity index (χ1n) is 10.1. The average Bonchev–Trinajstić information content (AvgIpc) is 3.11. The van der Waals surface area contributed by atoms with Crippen molar-refractivity contribution in [3.05, 3.63) is 59.7 Å². The fourth-order valence-corrected chi connectivity index (χ4v) is 5.52. The van der Waals surface area contributed by atoms with Crippen molar-refractivity contribution in [1.82, 2.24) is 0 Å². The number of sulfonamides is 1. The quantitative estimate of drug-likeness (QED) is 0.699. The number of fused-ring (bicyclic) bond motifs is 1. The summed E-state index contributed by atoms with van der Waals surface area (Å²) in [5.74, 6) is -0.733. The summed E-state index contributed by atoms with van der Waals surface area (Å²) in [5.41, 5.74) is 2.78. The zero-order chi connectivity index (χ0) is 21.3. The average molecular weight is 429 g/mol. The van der Waals surface area contributed by atoms with Gasteiger partial charge in [0.2, 0.25) is 10.0 Å². The lowest BCUT2D eigenvalue weighted by Crippen LogP contribution is -2.42. The fourth-order valence-electron chi connectivity index (χ4n) is 3.95. The smallest absolute Gasteiger partial charge is 0.338 e. The standard InChI is InChI=1S/C22H24N2O5S/c1-16(21(25)23-13-4-7-17-6-2-3-8-20(17)23)29-22(26)18-9-11-19(12-10-18)24-14-5-15-30(24,27)28/h2-3,6,8-12,16H,4-5,7,13-15H2,1H3. The number of amides is 1. The molecule has 0 aromatic heterocycles. The molecule has 0 spiro atoms. The van der Waals surface area contributed by atoms with Gasteiger partial charge in [-0.25, -0.2) is 13.2 Å². The van der Waals surface area contributed by atoms with Crippen molar-refractivity contribution in [1.29, 1.82) is 0 Å². The normalized spacial score (nSPS) is 18.6. The van der Waals surface area contributed by atoms with E-state index in [0.29, 0.717) is 25.2 Å². The Morgan fingerprint density at radius 3 is 2.43 bits per heavy atom. The maximum Gasteiger partial charge on any atom is 0.338 e. The van der Waals surface area contributed by atoms with Gasteiger partial charge in [0.15, 0.2) is 6.10 Å². The van der Waals surface area contributed by atoms with Gasteiger partial charge in [0.1, 0.15) is 0 Å². The molecule has 4 rings (SSSR count). The van der Waals surface area contributed by atoms with E-state index in [9.17, 15) is 18.0 Å². The first-order chi connectivity index (χ1) is 14.4. The van der Waals surface area contributed by atoms with E-state index in [2.05, 4.69) is 0 Å². The van der Waals surface area contributed by atoms with Gasteiger partial charge in [0.25, 0.3) is 5.91 Å². The third-order valence-corrected chi connectivity index (χ3v) is 7.37. The van der Waals surface area contributed by atoms with Crippen LogP contribution >= 0.6 is 0 Å². The molecule has 1 fully saturated rings. The maximum atomic E-state index is 12.9. The summed E-state index contributed by atoms with van der Waals surface area (Å²) >= 11 is 0. The molecule has 2 aliphatic rings. The van der Waals surface area contributed by atoms with Crippen LogP contribution in [0, 0.1) is 0 Å². The van der Waals surface area contributed by atoms with Crippen LogP contribution < -0.4 is 9.21 Å². The second kappa shape index (κ2) is 8.10. The van der Waals surface area contributed by atoms with Gasteiger partial charge in [-0.2, -0.15) is 0 Å². The van der Waals surface area contributed by atoms with Crippen LogP contribution in [0.15, 0.2) is 48.5 Å². The van der Waals surface area contributed by atoms with Crippen molar-refractivity contribution in [3.63, 3.8) is 0 Å². The summed E-state index contributed by atoms with van der Waals surface area (Å²) in [6.45, 7) is 2.61. The molecule has 0 radical (unpaired) electrons. The number of esters is 1. The van der Waals surface area contributed by atoms with Crippen molar-refractivity contribution in [2.24, 2.45) is 0 Å². The third kappa shape index (κ3) is 3.92. The van der Waals surface area contributed by atoms with E-state index < -0.39 is 22.1 Å². The Bertz CT molecular complexity index is 1070. The number of ether oxygens (including phenoxy) is 1. The summed E-state index contributed by atoms with van der Waals surface area (Å²) < 4.78 is 30.8. The second-order valence-corrected chi connectivity index (χ2v) is 9.57. The van der Waals surface area contributed by atoms with Gasteiger partial charge in [0, 0.05) is 18.8 Å². The van der Waals surface area contributed by atoms with Crippen LogP contribution in [-0.4, -0.2) is 45.2 Å². The zero-order valence-corrected chi connectivity index (χ0v) is 17.6. The van der Waals surface area contributed by atoms with Gasteiger partial charge in [-0.3, -0.25) is 9.10 Å². The minimum atomic E-state index is -3.27. The minimum absolute atomic E-state index is 0.135. The first-order valence-corrected chi connectivity index (χ1v) is 11.7. The van der Waals surface area contributed by atoms with Crippen LogP contribution in [0.4, 0.5) is 11.4 Å². The Morgan fingerprint density at radius 2 is 1.73 bits per heavy atom. The van der Waals surface area contributed by atoms with Gasteiger partial charge in [0.05, 0.1) is 17.0 Å². The number of carbonyl (C=O) groups is 2. The highest BCUT2D eigenvalue weighted by molar-refractivity contribution is 7.93. The topological polar surface area (TPSA) is 84.0 Å². The molecule has 0 N–H and O–H groups in total. The Balaban J connectivity index is 1.43. The molecule has 2 aromatic carbocycles. The van der Waals surface area contributed by atoms with Crippen LogP contribution in [0.5, 0.6) is 0 Å². The zero-order valence-electron chi connectivity index (χ0n) is 16.8. The predicted octanol–water partition coefficient (Wildman–Crippen LogP) is 2.75. The summed E-state index contributed by atoms with van der Waals surface area (Å²) in [5, 5.41) is 0. The number of aryl methyl sites for hydroxylation is 1. The molecule has 0 bridgehead atoms. The molecule has 8 heteroatoms. The van der Waals surface area contributed by atoms with E-state index in [1.807, 2.05) is 24.3 Å². The molecule has 2 heterocycles. The summed E-state index contributed by atoms with van der Waals surface area (Å²) in [4.78, 5) is 27.1. The van der Waals surface area contributed by atoms with Gasteiger partial charge < -0.3 is 9.64 Å². The SMILES string of the molecule is CC(OC(=O)c1ccc(N2CCCS2(=O)=O)cc1)C(=O)N1CCCc2ccccc21. The molecular weight excluding hydrogens is 404 g/mol. The van der Waals surface area contributed by atoms with Crippen molar-refractivity contribution in [3.8, 4) is 0 Å². The molecule has 0 aliphatic carbocycles. The highest BCUT2D eigenvalue weighted by Crippen LogP contribution is 2.28. The highest BCUT2D eigenvalue weighted by atomic mass is 32.2. The number of para-hydroxylation sites is 1. The Kier molecular flexibility index (Phi) is 5.51. The molecule has 0 saturated carbocycles. The molecule has 7 nitrogen and oxygen atoms in total. The monoisotopic (exact) mass is 428 g/mol.